The quantitative estimate of drug-likeness (QED) is 0.792. The number of hydrogen-bond acceptors (Lipinski definition) is 5. The molecular weight excluding hydrogens is 252 g/mol. The Morgan fingerprint density at radius 3 is 3.06 bits per heavy atom. The fraction of sp³-hybridized carbons (Fsp3) is 0.455. The molecule has 1 aliphatic rings. The van der Waals surface area contributed by atoms with E-state index in [1.807, 2.05) is 29.7 Å². The van der Waals surface area contributed by atoms with Crippen LogP contribution < -0.4 is 5.32 Å². The maximum Gasteiger partial charge on any atom is 0.161 e. The Bertz CT molecular complexity index is 692. The van der Waals surface area contributed by atoms with E-state index in [-0.39, 0.29) is 17.5 Å². The van der Waals surface area contributed by atoms with Crippen LogP contribution in [0.25, 0.3) is 5.65 Å². The van der Waals surface area contributed by atoms with Gasteiger partial charge in [0.2, 0.25) is 0 Å². The molecule has 0 radical (unpaired) electrons. The predicted octanol–water partition coefficient (Wildman–Crippen LogP) is 0.0968. The fourth-order valence-corrected chi connectivity index (χ4v) is 3.57. The molecule has 3 rings (SSSR count). The van der Waals surface area contributed by atoms with Crippen molar-refractivity contribution in [3.8, 4) is 0 Å². The minimum atomic E-state index is -2.98. The molecular formula is C11H14N4O2S. The summed E-state index contributed by atoms with van der Waals surface area (Å²) in [5.74, 6) is 0.939. The molecule has 0 amide bonds. The molecule has 2 aromatic heterocycles. The van der Waals surface area contributed by atoms with E-state index in [1.54, 1.807) is 0 Å². The number of nitrogens with zero attached hydrogens (tertiary/aromatic N) is 3. The summed E-state index contributed by atoms with van der Waals surface area (Å²) in [6, 6.07) is 3.60. The highest BCUT2D eigenvalue weighted by Crippen LogP contribution is 2.18. The summed E-state index contributed by atoms with van der Waals surface area (Å²) in [5, 5.41) is 11.4. The van der Waals surface area contributed by atoms with Gasteiger partial charge in [0.05, 0.1) is 17.5 Å². The van der Waals surface area contributed by atoms with Gasteiger partial charge in [-0.3, -0.25) is 4.40 Å². The molecule has 1 saturated heterocycles. The van der Waals surface area contributed by atoms with Crippen molar-refractivity contribution in [1.82, 2.24) is 19.9 Å². The minimum absolute atomic E-state index is 0.0850. The number of pyridine rings is 1. The van der Waals surface area contributed by atoms with E-state index >= 15 is 0 Å². The summed E-state index contributed by atoms with van der Waals surface area (Å²) in [7, 11) is -2.98. The van der Waals surface area contributed by atoms with Crippen molar-refractivity contribution in [3.63, 3.8) is 0 Å². The Morgan fingerprint density at radius 2 is 2.28 bits per heavy atom. The first-order valence-electron chi connectivity index (χ1n) is 5.80. The van der Waals surface area contributed by atoms with Gasteiger partial charge in [-0.1, -0.05) is 0 Å². The second-order valence-corrected chi connectivity index (χ2v) is 6.84. The molecule has 0 saturated carbocycles. The fourth-order valence-electron chi connectivity index (χ4n) is 2.20. The Balaban J connectivity index is 2.04. The number of aryl methyl sites for hydroxylation is 1. The molecule has 1 unspecified atom stereocenters. The van der Waals surface area contributed by atoms with E-state index in [0.717, 1.165) is 11.2 Å². The standard InChI is InChI=1S/C11H14N4O2S/c1-8-2-4-15-10(6-8)13-14-11(15)9-7-18(16,17)5-3-12-9/h2,4,6,9,12H,3,5,7H2,1H3. The Labute approximate surface area is 105 Å². The summed E-state index contributed by atoms with van der Waals surface area (Å²) < 4.78 is 25.1. The van der Waals surface area contributed by atoms with Crippen LogP contribution in [0.5, 0.6) is 0 Å². The lowest BCUT2D eigenvalue weighted by Crippen LogP contribution is -2.40. The molecule has 1 aliphatic heterocycles. The highest BCUT2D eigenvalue weighted by Gasteiger charge is 2.28. The van der Waals surface area contributed by atoms with Crippen LogP contribution in [-0.4, -0.2) is 41.1 Å². The third-order valence-electron chi connectivity index (χ3n) is 3.13. The zero-order chi connectivity index (χ0) is 12.8. The van der Waals surface area contributed by atoms with Crippen LogP contribution in [0.4, 0.5) is 0 Å². The first-order chi connectivity index (χ1) is 8.55. The van der Waals surface area contributed by atoms with E-state index in [2.05, 4.69) is 15.5 Å². The first-order valence-corrected chi connectivity index (χ1v) is 7.62. The maximum atomic E-state index is 11.6. The molecule has 0 bridgehead atoms. The van der Waals surface area contributed by atoms with E-state index in [4.69, 9.17) is 0 Å². The first kappa shape index (κ1) is 11.6. The van der Waals surface area contributed by atoms with E-state index in [0.29, 0.717) is 12.4 Å². The van der Waals surface area contributed by atoms with Crippen molar-refractivity contribution in [1.29, 1.82) is 0 Å². The molecule has 6 nitrogen and oxygen atoms in total. The van der Waals surface area contributed by atoms with Gasteiger partial charge in [0.25, 0.3) is 0 Å². The Hall–Kier alpha value is -1.47. The average Bonchev–Trinajstić information content (AvgIpc) is 2.70. The lowest BCUT2D eigenvalue weighted by atomic mass is 10.3. The second kappa shape index (κ2) is 4.03. The molecule has 0 aliphatic carbocycles. The van der Waals surface area contributed by atoms with Crippen LogP contribution in [0.1, 0.15) is 17.4 Å². The Kier molecular flexibility index (Phi) is 2.60. The molecule has 1 N–H and O–H groups in total. The molecule has 1 fully saturated rings. The van der Waals surface area contributed by atoms with Gasteiger partial charge in [-0.15, -0.1) is 10.2 Å². The molecule has 3 heterocycles. The molecule has 0 aromatic carbocycles. The topological polar surface area (TPSA) is 76.4 Å². The normalized spacial score (nSPS) is 23.3. The molecule has 96 valence electrons. The van der Waals surface area contributed by atoms with Crippen LogP contribution in [0.3, 0.4) is 0 Å². The SMILES string of the molecule is Cc1ccn2c(C3CS(=O)(=O)CCN3)nnc2c1. The highest BCUT2D eigenvalue weighted by molar-refractivity contribution is 7.91. The van der Waals surface area contributed by atoms with Crippen molar-refractivity contribution >= 4 is 15.5 Å². The van der Waals surface area contributed by atoms with Gasteiger partial charge in [0.1, 0.15) is 0 Å². The highest BCUT2D eigenvalue weighted by atomic mass is 32.2. The zero-order valence-corrected chi connectivity index (χ0v) is 10.8. The second-order valence-electron chi connectivity index (χ2n) is 4.61. The van der Waals surface area contributed by atoms with E-state index in [9.17, 15) is 8.42 Å². The summed E-state index contributed by atoms with van der Waals surface area (Å²) in [6.07, 6.45) is 1.88. The van der Waals surface area contributed by atoms with Gasteiger partial charge in [-0.25, -0.2) is 8.42 Å². The van der Waals surface area contributed by atoms with Crippen molar-refractivity contribution in [2.45, 2.75) is 13.0 Å². The molecule has 7 heteroatoms. The van der Waals surface area contributed by atoms with Crippen molar-refractivity contribution in [2.24, 2.45) is 0 Å². The van der Waals surface area contributed by atoms with Gasteiger partial charge in [0, 0.05) is 12.7 Å². The molecule has 18 heavy (non-hydrogen) atoms. The number of aromatic nitrogens is 3. The molecule has 1 atom stereocenters. The largest absolute Gasteiger partial charge is 0.305 e. The van der Waals surface area contributed by atoms with Gasteiger partial charge < -0.3 is 5.32 Å². The van der Waals surface area contributed by atoms with Crippen LogP contribution in [0.15, 0.2) is 18.3 Å². The van der Waals surface area contributed by atoms with Crippen molar-refractivity contribution in [2.75, 3.05) is 18.1 Å². The number of sulfone groups is 1. The van der Waals surface area contributed by atoms with Gasteiger partial charge in [0.15, 0.2) is 21.3 Å². The third-order valence-corrected chi connectivity index (χ3v) is 4.80. The van der Waals surface area contributed by atoms with E-state index < -0.39 is 9.84 Å². The summed E-state index contributed by atoms with van der Waals surface area (Å²) in [5.41, 5.74) is 1.85. The third kappa shape index (κ3) is 1.99. The van der Waals surface area contributed by atoms with Crippen LogP contribution >= 0.6 is 0 Å². The maximum absolute atomic E-state index is 11.6. The molecule has 0 spiro atoms. The molecule has 2 aromatic rings. The lowest BCUT2D eigenvalue weighted by molar-refractivity contribution is 0.512. The van der Waals surface area contributed by atoms with Crippen LogP contribution in [0.2, 0.25) is 0 Å². The van der Waals surface area contributed by atoms with Crippen molar-refractivity contribution in [3.05, 3.63) is 29.7 Å². The van der Waals surface area contributed by atoms with Gasteiger partial charge in [-0.05, 0) is 24.6 Å². The minimum Gasteiger partial charge on any atom is -0.305 e. The van der Waals surface area contributed by atoms with Gasteiger partial charge >= 0.3 is 0 Å². The number of rotatable bonds is 1. The summed E-state index contributed by atoms with van der Waals surface area (Å²) in [4.78, 5) is 0. The number of fused-ring (bicyclic) bond motifs is 1. The van der Waals surface area contributed by atoms with E-state index in [1.165, 1.54) is 0 Å². The smallest absolute Gasteiger partial charge is 0.161 e. The lowest BCUT2D eigenvalue weighted by Gasteiger charge is -2.22. The number of hydrogen-bond donors (Lipinski definition) is 1. The average molecular weight is 266 g/mol. The summed E-state index contributed by atoms with van der Waals surface area (Å²) in [6.45, 7) is 2.45. The van der Waals surface area contributed by atoms with Crippen molar-refractivity contribution < 1.29 is 8.42 Å². The Morgan fingerprint density at radius 1 is 1.44 bits per heavy atom. The van der Waals surface area contributed by atoms with Crippen LogP contribution in [-0.2, 0) is 9.84 Å². The number of nitrogens with one attached hydrogen (secondary N) is 1. The van der Waals surface area contributed by atoms with Gasteiger partial charge in [-0.2, -0.15) is 0 Å². The monoisotopic (exact) mass is 266 g/mol. The van der Waals surface area contributed by atoms with Crippen LogP contribution in [0, 0.1) is 6.92 Å². The zero-order valence-electron chi connectivity index (χ0n) is 10.00. The predicted molar refractivity (Wildman–Crippen MR) is 67.1 cm³/mol. The summed E-state index contributed by atoms with van der Waals surface area (Å²) >= 11 is 0.